The lowest BCUT2D eigenvalue weighted by Crippen LogP contribution is -2.33. The molecule has 138 valence electrons. The van der Waals surface area contributed by atoms with E-state index in [0.717, 1.165) is 16.9 Å². The normalized spacial score (nSPS) is 14.7. The Kier molecular flexibility index (Phi) is 4.23. The number of rotatable bonds is 8. The molecule has 26 heavy (non-hydrogen) atoms. The molecule has 9 nitrogen and oxygen atoms in total. The number of ether oxygens (including phenoxy) is 1. The van der Waals surface area contributed by atoms with E-state index in [-0.39, 0.29) is 5.54 Å². The maximum atomic E-state index is 5.05. The molecule has 1 saturated carbocycles. The second kappa shape index (κ2) is 6.56. The average Bonchev–Trinajstić information content (AvgIpc) is 3.22. The van der Waals surface area contributed by atoms with Gasteiger partial charge in [-0.3, -0.25) is 0 Å². The minimum absolute atomic E-state index is 0.000883. The molecule has 0 saturated heterocycles. The third kappa shape index (κ3) is 3.48. The summed E-state index contributed by atoms with van der Waals surface area (Å²) in [5.41, 5.74) is 0.780. The van der Waals surface area contributed by atoms with Crippen molar-refractivity contribution in [2.75, 3.05) is 24.4 Å². The molecular formula is C17H24N8O. The summed E-state index contributed by atoms with van der Waals surface area (Å²) in [5, 5.41) is 15.9. The van der Waals surface area contributed by atoms with Crippen LogP contribution in [0.2, 0.25) is 0 Å². The van der Waals surface area contributed by atoms with Crippen LogP contribution in [0.3, 0.4) is 0 Å². The maximum absolute atomic E-state index is 5.05. The second-order valence-corrected chi connectivity index (χ2v) is 7.24. The monoisotopic (exact) mass is 356 g/mol. The molecule has 3 heterocycles. The van der Waals surface area contributed by atoms with Gasteiger partial charge in [-0.15, -0.1) is 5.10 Å². The lowest BCUT2D eigenvalue weighted by atomic mass is 9.99. The summed E-state index contributed by atoms with van der Waals surface area (Å²) in [6.45, 7) is 5.67. The van der Waals surface area contributed by atoms with Gasteiger partial charge in [-0.25, -0.2) is 4.68 Å². The molecule has 0 unspecified atom stereocenters. The fourth-order valence-corrected chi connectivity index (χ4v) is 3.07. The molecule has 3 aromatic rings. The number of aromatic amines is 1. The summed E-state index contributed by atoms with van der Waals surface area (Å²) in [6, 6.07) is 1.99. The van der Waals surface area contributed by atoms with Gasteiger partial charge in [0.15, 0.2) is 5.82 Å². The predicted octanol–water partition coefficient (Wildman–Crippen LogP) is 2.54. The lowest BCUT2D eigenvalue weighted by Gasteiger charge is -2.27. The summed E-state index contributed by atoms with van der Waals surface area (Å²) in [7, 11) is 1.66. The Morgan fingerprint density at radius 2 is 2.19 bits per heavy atom. The Hall–Kier alpha value is -2.68. The Labute approximate surface area is 151 Å². The molecule has 0 bridgehead atoms. The highest BCUT2D eigenvalue weighted by atomic mass is 16.5. The van der Waals surface area contributed by atoms with E-state index < -0.39 is 0 Å². The van der Waals surface area contributed by atoms with E-state index in [1.54, 1.807) is 11.8 Å². The van der Waals surface area contributed by atoms with Crippen molar-refractivity contribution in [1.82, 2.24) is 29.9 Å². The summed E-state index contributed by atoms with van der Waals surface area (Å²) < 4.78 is 6.77. The highest BCUT2D eigenvalue weighted by Gasteiger charge is 2.38. The van der Waals surface area contributed by atoms with Crippen molar-refractivity contribution < 1.29 is 4.74 Å². The minimum atomic E-state index is -0.000883. The fourth-order valence-electron chi connectivity index (χ4n) is 3.07. The SMILES string of the molecule is COCCn1cc(Nc2nc(NC(C)(C)C3CC3)c3cc[nH]c3n2)nn1. The van der Waals surface area contributed by atoms with Gasteiger partial charge in [0, 0.05) is 18.8 Å². The first kappa shape index (κ1) is 16.8. The van der Waals surface area contributed by atoms with E-state index in [4.69, 9.17) is 4.74 Å². The molecule has 0 amide bonds. The maximum Gasteiger partial charge on any atom is 0.232 e. The first-order chi connectivity index (χ1) is 12.5. The standard InChI is InChI=1S/C17H24N8O/c1-17(2,11-4-5-11)22-15-12-6-7-18-14(12)20-16(21-15)19-13-10-25(24-23-13)8-9-26-3/h6-7,10-11H,4-5,8-9H2,1-3H3,(H3,18,19,20,21,22). The summed E-state index contributed by atoms with van der Waals surface area (Å²) in [6.07, 6.45) is 6.20. The molecule has 3 N–H and O–H groups in total. The van der Waals surface area contributed by atoms with Crippen molar-refractivity contribution in [3.63, 3.8) is 0 Å². The van der Waals surface area contributed by atoms with E-state index in [1.807, 2.05) is 18.5 Å². The molecule has 3 aromatic heterocycles. The first-order valence-electron chi connectivity index (χ1n) is 8.84. The number of hydrogen-bond acceptors (Lipinski definition) is 7. The van der Waals surface area contributed by atoms with Crippen LogP contribution in [-0.2, 0) is 11.3 Å². The quantitative estimate of drug-likeness (QED) is 0.569. The number of anilines is 3. The Morgan fingerprint density at radius 1 is 1.35 bits per heavy atom. The van der Waals surface area contributed by atoms with Crippen LogP contribution in [0, 0.1) is 5.92 Å². The highest BCUT2D eigenvalue weighted by Crippen LogP contribution is 2.41. The van der Waals surface area contributed by atoms with Gasteiger partial charge in [-0.05, 0) is 38.7 Å². The summed E-state index contributed by atoms with van der Waals surface area (Å²) in [5.74, 6) is 2.58. The molecule has 0 spiro atoms. The Balaban J connectivity index is 1.58. The van der Waals surface area contributed by atoms with Crippen LogP contribution >= 0.6 is 0 Å². The van der Waals surface area contributed by atoms with Crippen molar-refractivity contribution in [3.05, 3.63) is 18.5 Å². The van der Waals surface area contributed by atoms with Gasteiger partial charge in [0.2, 0.25) is 5.95 Å². The van der Waals surface area contributed by atoms with Crippen LogP contribution in [0.1, 0.15) is 26.7 Å². The third-order valence-electron chi connectivity index (χ3n) is 4.76. The van der Waals surface area contributed by atoms with E-state index in [0.29, 0.717) is 30.8 Å². The Morgan fingerprint density at radius 3 is 2.96 bits per heavy atom. The number of fused-ring (bicyclic) bond motifs is 1. The lowest BCUT2D eigenvalue weighted by molar-refractivity contribution is 0.183. The third-order valence-corrected chi connectivity index (χ3v) is 4.76. The number of aromatic nitrogens is 6. The largest absolute Gasteiger partial charge is 0.383 e. The number of methoxy groups -OCH3 is 1. The molecule has 0 aliphatic heterocycles. The van der Waals surface area contributed by atoms with Gasteiger partial charge in [0.1, 0.15) is 11.5 Å². The van der Waals surface area contributed by atoms with E-state index in [9.17, 15) is 0 Å². The van der Waals surface area contributed by atoms with Gasteiger partial charge in [0.05, 0.1) is 24.7 Å². The van der Waals surface area contributed by atoms with Gasteiger partial charge in [0.25, 0.3) is 0 Å². The molecule has 1 aliphatic carbocycles. The summed E-state index contributed by atoms with van der Waals surface area (Å²) >= 11 is 0. The van der Waals surface area contributed by atoms with Crippen LogP contribution in [0.4, 0.5) is 17.6 Å². The van der Waals surface area contributed by atoms with Crippen molar-refractivity contribution in [3.8, 4) is 0 Å². The second-order valence-electron chi connectivity index (χ2n) is 7.24. The van der Waals surface area contributed by atoms with Crippen molar-refractivity contribution in [2.45, 2.75) is 38.8 Å². The van der Waals surface area contributed by atoms with Gasteiger partial charge >= 0.3 is 0 Å². The zero-order valence-corrected chi connectivity index (χ0v) is 15.3. The number of nitrogens with zero attached hydrogens (tertiary/aromatic N) is 5. The van der Waals surface area contributed by atoms with Crippen LogP contribution in [0.5, 0.6) is 0 Å². The molecule has 0 aromatic carbocycles. The fraction of sp³-hybridized carbons (Fsp3) is 0.529. The smallest absolute Gasteiger partial charge is 0.232 e. The molecule has 4 rings (SSSR count). The zero-order valence-electron chi connectivity index (χ0n) is 15.3. The number of nitrogens with one attached hydrogen (secondary N) is 3. The van der Waals surface area contributed by atoms with Crippen LogP contribution in [-0.4, -0.2) is 49.2 Å². The predicted molar refractivity (Wildman–Crippen MR) is 99.5 cm³/mol. The van der Waals surface area contributed by atoms with Gasteiger partial charge in [-0.2, -0.15) is 9.97 Å². The Bertz CT molecular complexity index is 895. The van der Waals surface area contributed by atoms with E-state index in [1.165, 1.54) is 12.8 Å². The molecule has 0 atom stereocenters. The van der Waals surface area contributed by atoms with Crippen molar-refractivity contribution >= 4 is 28.6 Å². The molecule has 1 fully saturated rings. The van der Waals surface area contributed by atoms with Gasteiger partial charge < -0.3 is 20.4 Å². The minimum Gasteiger partial charge on any atom is -0.383 e. The summed E-state index contributed by atoms with van der Waals surface area (Å²) in [4.78, 5) is 12.4. The average molecular weight is 356 g/mol. The van der Waals surface area contributed by atoms with Gasteiger partial charge in [-0.1, -0.05) is 5.21 Å². The topological polar surface area (TPSA) is 106 Å². The van der Waals surface area contributed by atoms with Crippen LogP contribution in [0.15, 0.2) is 18.5 Å². The van der Waals surface area contributed by atoms with Crippen LogP contribution < -0.4 is 10.6 Å². The molecule has 1 aliphatic rings. The van der Waals surface area contributed by atoms with Crippen molar-refractivity contribution in [2.24, 2.45) is 5.92 Å². The molecule has 9 heteroatoms. The van der Waals surface area contributed by atoms with E-state index >= 15 is 0 Å². The van der Waals surface area contributed by atoms with Crippen molar-refractivity contribution in [1.29, 1.82) is 0 Å². The highest BCUT2D eigenvalue weighted by molar-refractivity contribution is 5.88. The number of H-pyrrole nitrogens is 1. The van der Waals surface area contributed by atoms with E-state index in [2.05, 4.69) is 49.7 Å². The number of hydrogen-bond donors (Lipinski definition) is 3. The molecule has 0 radical (unpaired) electrons. The van der Waals surface area contributed by atoms with Crippen LogP contribution in [0.25, 0.3) is 11.0 Å². The zero-order chi connectivity index (χ0) is 18.1. The first-order valence-corrected chi connectivity index (χ1v) is 8.84. The molecular weight excluding hydrogens is 332 g/mol.